The van der Waals surface area contributed by atoms with E-state index in [4.69, 9.17) is 17.4 Å². The van der Waals surface area contributed by atoms with E-state index in [1.165, 1.54) is 0 Å². The van der Waals surface area contributed by atoms with Crippen LogP contribution in [0.4, 0.5) is 5.82 Å². The van der Waals surface area contributed by atoms with Crippen LogP contribution in [-0.2, 0) is 6.42 Å². The largest absolute Gasteiger partial charge is 0.308 e. The number of aromatic nitrogens is 1. The van der Waals surface area contributed by atoms with Crippen molar-refractivity contribution >= 4 is 28.3 Å². The highest BCUT2D eigenvalue weighted by Gasteiger charge is 2.08. The van der Waals surface area contributed by atoms with E-state index in [1.54, 1.807) is 0 Å². The van der Waals surface area contributed by atoms with Gasteiger partial charge in [0.15, 0.2) is 0 Å². The maximum Gasteiger partial charge on any atom is 0.143 e. The number of rotatable bonds is 2. The summed E-state index contributed by atoms with van der Waals surface area (Å²) in [5.74, 6) is 6.18. The fourth-order valence-electron chi connectivity index (χ4n) is 1.80. The van der Waals surface area contributed by atoms with Crippen LogP contribution in [0.2, 0.25) is 5.02 Å². The van der Waals surface area contributed by atoms with Gasteiger partial charge in [-0.05, 0) is 36.6 Å². The lowest BCUT2D eigenvalue weighted by atomic mass is 10.1. The highest BCUT2D eigenvalue weighted by Crippen LogP contribution is 2.28. The average Bonchev–Trinajstić information content (AvgIpc) is 2.32. The summed E-state index contributed by atoms with van der Waals surface area (Å²) in [7, 11) is 0. The zero-order valence-corrected chi connectivity index (χ0v) is 10.1. The maximum atomic E-state index is 6.16. The lowest BCUT2D eigenvalue weighted by Gasteiger charge is -2.10. The molecule has 1 heterocycles. The molecule has 0 radical (unpaired) electrons. The molecule has 0 bridgehead atoms. The van der Waals surface area contributed by atoms with Gasteiger partial charge in [-0.2, -0.15) is 0 Å². The van der Waals surface area contributed by atoms with E-state index < -0.39 is 0 Å². The summed E-state index contributed by atoms with van der Waals surface area (Å²) in [5, 5.41) is 1.71. The molecule has 3 N–H and O–H groups in total. The quantitative estimate of drug-likeness (QED) is 0.621. The standard InChI is InChI=1S/C12H14ClN3/c1-3-8-6-9-10(13)5-4-7(2)11(9)15-12(8)16-14/h4-6H,3,14H2,1-2H3,(H,15,16). The van der Waals surface area contributed by atoms with Crippen LogP contribution in [0.5, 0.6) is 0 Å². The summed E-state index contributed by atoms with van der Waals surface area (Å²) in [5.41, 5.74) is 5.70. The van der Waals surface area contributed by atoms with E-state index >= 15 is 0 Å². The number of benzene rings is 1. The Morgan fingerprint density at radius 1 is 1.44 bits per heavy atom. The Hall–Kier alpha value is -1.32. The zero-order chi connectivity index (χ0) is 11.7. The molecule has 0 aliphatic carbocycles. The van der Waals surface area contributed by atoms with Crippen LogP contribution in [0, 0.1) is 6.92 Å². The van der Waals surface area contributed by atoms with E-state index in [9.17, 15) is 0 Å². The summed E-state index contributed by atoms with van der Waals surface area (Å²) in [6.45, 7) is 4.07. The van der Waals surface area contributed by atoms with Gasteiger partial charge in [0.1, 0.15) is 5.82 Å². The molecule has 84 valence electrons. The van der Waals surface area contributed by atoms with Crippen molar-refractivity contribution in [2.75, 3.05) is 5.43 Å². The third-order valence-corrected chi connectivity index (χ3v) is 3.06. The van der Waals surface area contributed by atoms with Gasteiger partial charge in [-0.3, -0.25) is 0 Å². The second kappa shape index (κ2) is 4.28. The first-order chi connectivity index (χ1) is 7.67. The molecule has 1 aromatic carbocycles. The summed E-state index contributed by atoms with van der Waals surface area (Å²) in [6, 6.07) is 5.91. The number of hydrogen-bond acceptors (Lipinski definition) is 3. The molecule has 0 atom stereocenters. The van der Waals surface area contributed by atoms with Crippen molar-refractivity contribution in [1.29, 1.82) is 0 Å². The first-order valence-corrected chi connectivity index (χ1v) is 5.60. The van der Waals surface area contributed by atoms with Crippen LogP contribution in [0.3, 0.4) is 0 Å². The van der Waals surface area contributed by atoms with Crippen LogP contribution < -0.4 is 11.3 Å². The van der Waals surface area contributed by atoms with E-state index in [0.717, 1.165) is 39.3 Å². The molecule has 1 aromatic heterocycles. The summed E-state index contributed by atoms with van der Waals surface area (Å²) < 4.78 is 0. The Balaban J connectivity index is 2.82. The normalized spacial score (nSPS) is 10.8. The molecule has 0 spiro atoms. The molecule has 0 aliphatic rings. The van der Waals surface area contributed by atoms with Gasteiger partial charge in [0.25, 0.3) is 0 Å². The van der Waals surface area contributed by atoms with E-state index in [2.05, 4.69) is 17.3 Å². The monoisotopic (exact) mass is 235 g/mol. The Bertz CT molecular complexity index is 489. The minimum Gasteiger partial charge on any atom is -0.308 e. The van der Waals surface area contributed by atoms with Crippen LogP contribution in [0.15, 0.2) is 18.2 Å². The minimum absolute atomic E-state index is 0.723. The molecule has 2 aromatic rings. The van der Waals surface area contributed by atoms with Crippen molar-refractivity contribution in [2.45, 2.75) is 20.3 Å². The first kappa shape index (κ1) is 11.2. The van der Waals surface area contributed by atoms with E-state index in [-0.39, 0.29) is 0 Å². The number of nitrogens with zero attached hydrogens (tertiary/aromatic N) is 1. The third kappa shape index (κ3) is 1.72. The van der Waals surface area contributed by atoms with Gasteiger partial charge < -0.3 is 5.43 Å². The van der Waals surface area contributed by atoms with Gasteiger partial charge in [0.05, 0.1) is 5.52 Å². The van der Waals surface area contributed by atoms with Gasteiger partial charge in [0.2, 0.25) is 0 Å². The van der Waals surface area contributed by atoms with Crippen molar-refractivity contribution < 1.29 is 0 Å². The van der Waals surface area contributed by atoms with Crippen molar-refractivity contribution in [3.63, 3.8) is 0 Å². The van der Waals surface area contributed by atoms with E-state index in [0.29, 0.717) is 0 Å². The van der Waals surface area contributed by atoms with Crippen LogP contribution in [0.1, 0.15) is 18.1 Å². The predicted octanol–water partition coefficient (Wildman–Crippen LogP) is 3.04. The molecule has 0 saturated carbocycles. The summed E-state index contributed by atoms with van der Waals surface area (Å²) in [4.78, 5) is 4.50. The minimum atomic E-state index is 0.723. The highest BCUT2D eigenvalue weighted by molar-refractivity contribution is 6.35. The number of nitrogens with one attached hydrogen (secondary N) is 1. The van der Waals surface area contributed by atoms with Gasteiger partial charge in [-0.25, -0.2) is 10.8 Å². The van der Waals surface area contributed by atoms with Crippen molar-refractivity contribution in [3.8, 4) is 0 Å². The topological polar surface area (TPSA) is 50.9 Å². The van der Waals surface area contributed by atoms with Crippen molar-refractivity contribution in [1.82, 2.24) is 4.98 Å². The smallest absolute Gasteiger partial charge is 0.143 e. The number of hydrazine groups is 1. The number of nitrogen functional groups attached to an aromatic ring is 1. The number of fused-ring (bicyclic) bond motifs is 1. The maximum absolute atomic E-state index is 6.16. The Morgan fingerprint density at radius 3 is 2.81 bits per heavy atom. The number of nitrogens with two attached hydrogens (primary N) is 1. The summed E-state index contributed by atoms with van der Waals surface area (Å²) >= 11 is 6.16. The van der Waals surface area contributed by atoms with Gasteiger partial charge in [-0.15, -0.1) is 0 Å². The van der Waals surface area contributed by atoms with Gasteiger partial charge in [-0.1, -0.05) is 24.6 Å². The molecule has 16 heavy (non-hydrogen) atoms. The number of aryl methyl sites for hydroxylation is 2. The SMILES string of the molecule is CCc1cc2c(Cl)ccc(C)c2nc1NN. The molecule has 0 unspecified atom stereocenters. The van der Waals surface area contributed by atoms with Crippen LogP contribution >= 0.6 is 11.6 Å². The number of anilines is 1. The number of hydrogen-bond donors (Lipinski definition) is 2. The Morgan fingerprint density at radius 2 is 2.19 bits per heavy atom. The average molecular weight is 236 g/mol. The second-order valence-corrected chi connectivity index (χ2v) is 4.16. The Kier molecular flexibility index (Phi) is 2.99. The molecular formula is C12H14ClN3. The highest BCUT2D eigenvalue weighted by atomic mass is 35.5. The summed E-state index contributed by atoms with van der Waals surface area (Å²) in [6.07, 6.45) is 0.868. The molecule has 2 rings (SSSR count). The molecule has 0 amide bonds. The van der Waals surface area contributed by atoms with Gasteiger partial charge >= 0.3 is 0 Å². The lowest BCUT2D eigenvalue weighted by molar-refractivity contribution is 1.10. The third-order valence-electron chi connectivity index (χ3n) is 2.73. The molecule has 0 aliphatic heterocycles. The Labute approximate surface area is 99.6 Å². The molecule has 3 nitrogen and oxygen atoms in total. The molecule has 0 fully saturated rings. The van der Waals surface area contributed by atoms with Crippen LogP contribution in [-0.4, -0.2) is 4.98 Å². The number of pyridine rings is 1. The molecule has 4 heteroatoms. The van der Waals surface area contributed by atoms with Crippen molar-refractivity contribution in [3.05, 3.63) is 34.3 Å². The number of halogens is 1. The fourth-order valence-corrected chi connectivity index (χ4v) is 2.01. The lowest BCUT2D eigenvalue weighted by Crippen LogP contribution is -2.11. The second-order valence-electron chi connectivity index (χ2n) is 3.75. The van der Waals surface area contributed by atoms with Gasteiger partial charge in [0, 0.05) is 10.4 Å². The van der Waals surface area contributed by atoms with E-state index in [1.807, 2.05) is 25.1 Å². The zero-order valence-electron chi connectivity index (χ0n) is 9.34. The van der Waals surface area contributed by atoms with Crippen molar-refractivity contribution in [2.24, 2.45) is 5.84 Å². The first-order valence-electron chi connectivity index (χ1n) is 5.22. The fraction of sp³-hybridized carbons (Fsp3) is 0.250. The molecular weight excluding hydrogens is 222 g/mol. The molecule has 0 saturated heterocycles. The van der Waals surface area contributed by atoms with Crippen LogP contribution in [0.25, 0.3) is 10.9 Å². The predicted molar refractivity (Wildman–Crippen MR) is 68.7 cm³/mol.